The normalized spacial score (nSPS) is 11.3. The number of nitrogens with zero attached hydrogens (tertiary/aromatic N) is 3. The Morgan fingerprint density at radius 2 is 1.96 bits per heavy atom. The minimum Gasteiger partial charge on any atom is -0.463 e. The fraction of sp³-hybridized carbons (Fsp3) is 0.238. The SMILES string of the molecule is Cc1ccccc1Cn1c(C(=O)Nc2c(C)nn(C)c2C)cc2occc21. The Balaban J connectivity index is 1.74. The highest BCUT2D eigenvalue weighted by molar-refractivity contribution is 6.06. The number of aromatic nitrogens is 3. The van der Waals surface area contributed by atoms with Crippen molar-refractivity contribution in [3.63, 3.8) is 0 Å². The van der Waals surface area contributed by atoms with Gasteiger partial charge in [0, 0.05) is 25.7 Å². The number of aryl methyl sites for hydroxylation is 3. The van der Waals surface area contributed by atoms with Crippen molar-refractivity contribution in [2.24, 2.45) is 7.05 Å². The number of amides is 1. The Kier molecular flexibility index (Phi) is 4.11. The number of fused-ring (bicyclic) bond motifs is 1. The van der Waals surface area contributed by atoms with Gasteiger partial charge in [-0.25, -0.2) is 0 Å². The third-order valence-corrected chi connectivity index (χ3v) is 5.09. The van der Waals surface area contributed by atoms with E-state index >= 15 is 0 Å². The molecule has 3 heterocycles. The lowest BCUT2D eigenvalue weighted by molar-refractivity contribution is 0.101. The second kappa shape index (κ2) is 6.46. The Hall–Kier alpha value is -3.28. The van der Waals surface area contributed by atoms with Crippen LogP contribution in [-0.4, -0.2) is 20.3 Å². The molecule has 0 fully saturated rings. The van der Waals surface area contributed by atoms with Crippen LogP contribution in [0.15, 0.2) is 47.1 Å². The molecule has 6 nitrogen and oxygen atoms in total. The van der Waals surface area contributed by atoms with Crippen LogP contribution in [0.1, 0.15) is 33.0 Å². The van der Waals surface area contributed by atoms with Crippen molar-refractivity contribution in [1.82, 2.24) is 14.3 Å². The van der Waals surface area contributed by atoms with E-state index in [-0.39, 0.29) is 5.91 Å². The number of furan rings is 1. The Labute approximate surface area is 157 Å². The first kappa shape index (κ1) is 17.1. The molecule has 0 spiro atoms. The summed E-state index contributed by atoms with van der Waals surface area (Å²) >= 11 is 0. The van der Waals surface area contributed by atoms with Crippen LogP contribution in [0.2, 0.25) is 0 Å². The molecule has 1 aromatic carbocycles. The lowest BCUT2D eigenvalue weighted by Gasteiger charge is -2.12. The summed E-state index contributed by atoms with van der Waals surface area (Å²) in [6, 6.07) is 11.9. The van der Waals surface area contributed by atoms with E-state index in [0.29, 0.717) is 17.8 Å². The van der Waals surface area contributed by atoms with Gasteiger partial charge >= 0.3 is 0 Å². The van der Waals surface area contributed by atoms with Crippen LogP contribution in [0, 0.1) is 20.8 Å². The van der Waals surface area contributed by atoms with E-state index < -0.39 is 0 Å². The minimum absolute atomic E-state index is 0.172. The maximum Gasteiger partial charge on any atom is 0.272 e. The first-order valence-corrected chi connectivity index (χ1v) is 8.88. The molecule has 1 amide bonds. The number of nitrogens with one attached hydrogen (secondary N) is 1. The second-order valence-electron chi connectivity index (χ2n) is 6.84. The van der Waals surface area contributed by atoms with Gasteiger partial charge in [0.05, 0.1) is 28.9 Å². The van der Waals surface area contributed by atoms with E-state index in [1.165, 1.54) is 11.1 Å². The second-order valence-corrected chi connectivity index (χ2v) is 6.84. The highest BCUT2D eigenvalue weighted by atomic mass is 16.3. The molecule has 6 heteroatoms. The molecule has 0 aliphatic heterocycles. The van der Waals surface area contributed by atoms with Gasteiger partial charge in [0.2, 0.25) is 0 Å². The van der Waals surface area contributed by atoms with Crippen LogP contribution in [0.3, 0.4) is 0 Å². The van der Waals surface area contributed by atoms with E-state index in [1.807, 2.05) is 43.7 Å². The quantitative estimate of drug-likeness (QED) is 0.592. The zero-order chi connectivity index (χ0) is 19.1. The van der Waals surface area contributed by atoms with Gasteiger partial charge in [-0.1, -0.05) is 24.3 Å². The summed E-state index contributed by atoms with van der Waals surface area (Å²) in [6.45, 7) is 6.51. The smallest absolute Gasteiger partial charge is 0.272 e. The average molecular weight is 362 g/mol. The van der Waals surface area contributed by atoms with E-state index in [9.17, 15) is 4.79 Å². The maximum absolute atomic E-state index is 13.1. The fourth-order valence-electron chi connectivity index (χ4n) is 3.43. The van der Waals surface area contributed by atoms with Crippen molar-refractivity contribution in [3.8, 4) is 0 Å². The van der Waals surface area contributed by atoms with Crippen molar-refractivity contribution in [2.45, 2.75) is 27.3 Å². The summed E-state index contributed by atoms with van der Waals surface area (Å²) < 4.78 is 9.31. The Morgan fingerprint density at radius 1 is 1.19 bits per heavy atom. The summed E-state index contributed by atoms with van der Waals surface area (Å²) in [7, 11) is 1.87. The van der Waals surface area contributed by atoms with Crippen LogP contribution in [0.4, 0.5) is 5.69 Å². The number of hydrogen-bond donors (Lipinski definition) is 1. The zero-order valence-corrected chi connectivity index (χ0v) is 15.9. The highest BCUT2D eigenvalue weighted by Crippen LogP contribution is 2.25. The minimum atomic E-state index is -0.172. The van der Waals surface area contributed by atoms with Gasteiger partial charge in [0.15, 0.2) is 5.58 Å². The van der Waals surface area contributed by atoms with E-state index in [4.69, 9.17) is 4.42 Å². The maximum atomic E-state index is 13.1. The van der Waals surface area contributed by atoms with Gasteiger partial charge in [-0.15, -0.1) is 0 Å². The molecular formula is C21H22N4O2. The number of hydrogen-bond acceptors (Lipinski definition) is 3. The third kappa shape index (κ3) is 2.93. The molecule has 0 aliphatic rings. The number of anilines is 1. The van der Waals surface area contributed by atoms with Gasteiger partial charge < -0.3 is 14.3 Å². The molecule has 0 atom stereocenters. The highest BCUT2D eigenvalue weighted by Gasteiger charge is 2.20. The van der Waals surface area contributed by atoms with Gasteiger partial charge in [0.25, 0.3) is 5.91 Å². The van der Waals surface area contributed by atoms with Gasteiger partial charge in [-0.05, 0) is 31.9 Å². The predicted molar refractivity (Wildman–Crippen MR) is 105 cm³/mol. The molecule has 27 heavy (non-hydrogen) atoms. The Morgan fingerprint density at radius 3 is 2.67 bits per heavy atom. The monoisotopic (exact) mass is 362 g/mol. The average Bonchev–Trinajstić information content (AvgIpc) is 3.28. The van der Waals surface area contributed by atoms with Crippen LogP contribution in [-0.2, 0) is 13.6 Å². The van der Waals surface area contributed by atoms with Gasteiger partial charge in [-0.3, -0.25) is 9.48 Å². The molecule has 4 aromatic rings. The number of rotatable bonds is 4. The summed E-state index contributed by atoms with van der Waals surface area (Å²) in [5, 5.41) is 7.39. The van der Waals surface area contributed by atoms with E-state index in [1.54, 1.807) is 17.0 Å². The zero-order valence-electron chi connectivity index (χ0n) is 15.9. The lowest BCUT2D eigenvalue weighted by Crippen LogP contribution is -2.18. The molecular weight excluding hydrogens is 340 g/mol. The number of carbonyl (C=O) groups is 1. The third-order valence-electron chi connectivity index (χ3n) is 5.09. The first-order valence-electron chi connectivity index (χ1n) is 8.88. The first-order chi connectivity index (χ1) is 13.0. The van der Waals surface area contributed by atoms with Crippen molar-refractivity contribution < 1.29 is 9.21 Å². The number of benzene rings is 1. The van der Waals surface area contributed by atoms with Gasteiger partial charge in [0.1, 0.15) is 5.69 Å². The van der Waals surface area contributed by atoms with Crippen LogP contribution >= 0.6 is 0 Å². The molecule has 0 saturated heterocycles. The largest absolute Gasteiger partial charge is 0.463 e. The van der Waals surface area contributed by atoms with E-state index in [0.717, 1.165) is 22.6 Å². The van der Waals surface area contributed by atoms with E-state index in [2.05, 4.69) is 29.5 Å². The summed E-state index contributed by atoms with van der Waals surface area (Å²) in [4.78, 5) is 13.1. The Bertz CT molecular complexity index is 1150. The molecule has 3 aromatic heterocycles. The van der Waals surface area contributed by atoms with Crippen molar-refractivity contribution >= 4 is 22.7 Å². The summed E-state index contributed by atoms with van der Waals surface area (Å²) in [6.07, 6.45) is 1.65. The fourth-order valence-corrected chi connectivity index (χ4v) is 3.43. The molecule has 0 radical (unpaired) electrons. The summed E-state index contributed by atoms with van der Waals surface area (Å²) in [5.41, 5.74) is 6.99. The topological polar surface area (TPSA) is 65.0 Å². The van der Waals surface area contributed by atoms with Gasteiger partial charge in [-0.2, -0.15) is 5.10 Å². The lowest BCUT2D eigenvalue weighted by atomic mass is 10.1. The van der Waals surface area contributed by atoms with Crippen LogP contribution < -0.4 is 5.32 Å². The summed E-state index contributed by atoms with van der Waals surface area (Å²) in [5.74, 6) is -0.172. The number of carbonyl (C=O) groups excluding carboxylic acids is 1. The molecule has 0 saturated carbocycles. The van der Waals surface area contributed by atoms with Crippen molar-refractivity contribution in [3.05, 3.63) is 70.9 Å². The standard InChI is InChI=1S/C21H22N4O2/c1-13-7-5-6-8-16(13)12-25-17-9-10-27-19(17)11-18(25)21(26)22-20-14(2)23-24(4)15(20)3/h5-11H,12H2,1-4H3,(H,22,26). The van der Waals surface area contributed by atoms with Crippen LogP contribution in [0.5, 0.6) is 0 Å². The molecule has 0 unspecified atom stereocenters. The molecule has 1 N–H and O–H groups in total. The van der Waals surface area contributed by atoms with Crippen molar-refractivity contribution in [2.75, 3.05) is 5.32 Å². The molecule has 138 valence electrons. The van der Waals surface area contributed by atoms with Crippen LogP contribution in [0.25, 0.3) is 11.1 Å². The molecule has 0 aliphatic carbocycles. The van der Waals surface area contributed by atoms with Crippen molar-refractivity contribution in [1.29, 1.82) is 0 Å². The molecule has 0 bridgehead atoms. The molecule has 4 rings (SSSR count). The predicted octanol–water partition coefficient (Wildman–Crippen LogP) is 4.19.